The second-order valence-electron chi connectivity index (χ2n) is 9.14. The molecule has 5 nitrogen and oxygen atoms in total. The Balaban J connectivity index is 2.34. The van der Waals surface area contributed by atoms with E-state index in [1.54, 1.807) is 12.4 Å². The van der Waals surface area contributed by atoms with Crippen molar-refractivity contribution in [2.24, 2.45) is 5.92 Å². The number of nitrogens with two attached hydrogens (primary N) is 1. The van der Waals surface area contributed by atoms with Crippen LogP contribution in [0.5, 0.6) is 0 Å². The summed E-state index contributed by atoms with van der Waals surface area (Å²) in [6.07, 6.45) is 4.15. The van der Waals surface area contributed by atoms with Gasteiger partial charge in [0.2, 0.25) is 8.32 Å². The van der Waals surface area contributed by atoms with E-state index in [2.05, 4.69) is 59.5 Å². The van der Waals surface area contributed by atoms with Crippen LogP contribution in [0.3, 0.4) is 0 Å². The largest absolute Gasteiger partial charge is 0.410 e. The molecule has 1 saturated heterocycles. The van der Waals surface area contributed by atoms with Gasteiger partial charge in [-0.3, -0.25) is 4.98 Å². The Morgan fingerprint density at radius 1 is 1.25 bits per heavy atom. The molecule has 0 aliphatic carbocycles. The number of pyridine rings is 1. The number of hydrogen-bond donors (Lipinski definition) is 1. The number of hydrogen-bond acceptors (Lipinski definition) is 5. The summed E-state index contributed by atoms with van der Waals surface area (Å²) in [7, 11) is -2.06. The molecule has 0 aromatic carbocycles. The smallest absolute Gasteiger partial charge is 0.200 e. The minimum absolute atomic E-state index is 0.0576. The number of ether oxygens (including phenoxy) is 1. The van der Waals surface area contributed by atoms with E-state index in [9.17, 15) is 5.26 Å². The molecule has 4 atom stereocenters. The van der Waals surface area contributed by atoms with Gasteiger partial charge in [0.25, 0.3) is 0 Å². The molecule has 0 bridgehead atoms. The average molecular weight is 404 g/mol. The van der Waals surface area contributed by atoms with Crippen LogP contribution in [-0.2, 0) is 9.16 Å². The highest BCUT2D eigenvalue weighted by atomic mass is 28.4. The number of aromatic nitrogens is 1. The first kappa shape index (κ1) is 22.9. The minimum atomic E-state index is -2.06. The monoisotopic (exact) mass is 403 g/mol. The summed E-state index contributed by atoms with van der Waals surface area (Å²) < 4.78 is 13.5. The standard InChI is InChI=1S/C22H37N3O2Si/c1-14(2)28(15(3)4,16(5)6)27-22-17(7)12-21(26-20(22)8-10-23)18-9-11-25-13-19(18)24/h9,11,13-17,20-22H,8,12,24H2,1-7H3/t17-,20-,21-,22+/m1/s1. The van der Waals surface area contributed by atoms with Gasteiger partial charge in [-0.25, -0.2) is 0 Å². The van der Waals surface area contributed by atoms with Crippen LogP contribution in [0.25, 0.3) is 0 Å². The van der Waals surface area contributed by atoms with Gasteiger partial charge in [-0.15, -0.1) is 0 Å². The first-order chi connectivity index (χ1) is 13.1. The van der Waals surface area contributed by atoms with Crippen molar-refractivity contribution in [1.29, 1.82) is 5.26 Å². The topological polar surface area (TPSA) is 81.2 Å². The van der Waals surface area contributed by atoms with Gasteiger partial charge < -0.3 is 14.9 Å². The number of rotatable bonds is 7. The van der Waals surface area contributed by atoms with E-state index in [0.29, 0.717) is 28.7 Å². The van der Waals surface area contributed by atoms with Crippen molar-refractivity contribution in [3.05, 3.63) is 24.0 Å². The molecule has 156 valence electrons. The highest BCUT2D eigenvalue weighted by Crippen LogP contribution is 2.47. The van der Waals surface area contributed by atoms with Crippen LogP contribution in [0.2, 0.25) is 16.6 Å². The third kappa shape index (κ3) is 4.42. The fourth-order valence-electron chi connectivity index (χ4n) is 5.18. The van der Waals surface area contributed by atoms with Crippen molar-refractivity contribution in [3.8, 4) is 6.07 Å². The van der Waals surface area contributed by atoms with Gasteiger partial charge >= 0.3 is 0 Å². The SMILES string of the molecule is CC(C)[Si](O[C@H]1[C@H](C)C[C@H](c2ccncc2N)O[C@@H]1CC#N)(C(C)C)C(C)C. The second kappa shape index (κ2) is 9.38. The third-order valence-electron chi connectivity index (χ3n) is 6.43. The van der Waals surface area contributed by atoms with Crippen LogP contribution in [0.15, 0.2) is 18.5 Å². The molecule has 0 radical (unpaired) electrons. The maximum atomic E-state index is 9.45. The van der Waals surface area contributed by atoms with Crippen LogP contribution < -0.4 is 5.73 Å². The van der Waals surface area contributed by atoms with Crippen molar-refractivity contribution in [3.63, 3.8) is 0 Å². The van der Waals surface area contributed by atoms with E-state index in [4.69, 9.17) is 14.9 Å². The van der Waals surface area contributed by atoms with Crippen molar-refractivity contribution in [2.45, 2.75) is 96.2 Å². The van der Waals surface area contributed by atoms with Gasteiger partial charge in [0.1, 0.15) is 0 Å². The molecule has 1 aromatic heterocycles. The predicted molar refractivity (Wildman–Crippen MR) is 116 cm³/mol. The summed E-state index contributed by atoms with van der Waals surface area (Å²) in [5.41, 5.74) is 9.23. The molecule has 1 aromatic rings. The zero-order valence-electron chi connectivity index (χ0n) is 18.5. The van der Waals surface area contributed by atoms with Crippen LogP contribution in [-0.4, -0.2) is 25.5 Å². The second-order valence-corrected chi connectivity index (χ2v) is 14.6. The van der Waals surface area contributed by atoms with E-state index < -0.39 is 8.32 Å². The van der Waals surface area contributed by atoms with Crippen molar-refractivity contribution in [2.75, 3.05) is 5.73 Å². The van der Waals surface area contributed by atoms with Crippen LogP contribution in [0, 0.1) is 17.2 Å². The number of anilines is 1. The Morgan fingerprint density at radius 2 is 1.86 bits per heavy atom. The third-order valence-corrected chi connectivity index (χ3v) is 12.5. The van der Waals surface area contributed by atoms with Gasteiger partial charge in [0, 0.05) is 11.8 Å². The average Bonchev–Trinajstić information content (AvgIpc) is 2.60. The van der Waals surface area contributed by atoms with E-state index in [1.165, 1.54) is 0 Å². The van der Waals surface area contributed by atoms with Crippen molar-refractivity contribution >= 4 is 14.0 Å². The summed E-state index contributed by atoms with van der Waals surface area (Å²) in [5, 5.41) is 9.45. The van der Waals surface area contributed by atoms with E-state index in [-0.39, 0.29) is 24.2 Å². The van der Waals surface area contributed by atoms with Crippen molar-refractivity contribution in [1.82, 2.24) is 4.98 Å². The maximum absolute atomic E-state index is 9.45. The first-order valence-corrected chi connectivity index (χ1v) is 12.7. The number of nitrogens with zero attached hydrogens (tertiary/aromatic N) is 2. The lowest BCUT2D eigenvalue weighted by molar-refractivity contribution is -0.136. The summed E-state index contributed by atoms with van der Waals surface area (Å²) in [4.78, 5) is 4.08. The number of nitriles is 1. The molecule has 2 N–H and O–H groups in total. The molecule has 0 saturated carbocycles. The lowest BCUT2D eigenvalue weighted by Crippen LogP contribution is -2.55. The Labute approximate surface area is 171 Å². The predicted octanol–water partition coefficient (Wildman–Crippen LogP) is 5.60. The molecule has 1 aliphatic rings. The summed E-state index contributed by atoms with van der Waals surface area (Å²) >= 11 is 0. The Hall–Kier alpha value is -1.42. The maximum Gasteiger partial charge on any atom is 0.200 e. The Kier molecular flexibility index (Phi) is 7.66. The normalized spacial score (nSPS) is 26.0. The molecule has 1 aliphatic heterocycles. The highest BCUT2D eigenvalue weighted by molar-refractivity contribution is 6.77. The van der Waals surface area contributed by atoms with Gasteiger partial charge in [0.05, 0.1) is 42.7 Å². The molecule has 0 amide bonds. The molecule has 1 fully saturated rings. The van der Waals surface area contributed by atoms with Gasteiger partial charge in [-0.05, 0) is 35.0 Å². The molecule has 0 spiro atoms. The molecule has 2 rings (SSSR count). The lowest BCUT2D eigenvalue weighted by atomic mass is 9.87. The van der Waals surface area contributed by atoms with Crippen LogP contribution in [0.1, 0.15) is 73.0 Å². The lowest BCUT2D eigenvalue weighted by Gasteiger charge is -2.49. The summed E-state index contributed by atoms with van der Waals surface area (Å²) in [6.45, 7) is 16.0. The van der Waals surface area contributed by atoms with Crippen molar-refractivity contribution < 1.29 is 9.16 Å². The molecular weight excluding hydrogens is 366 g/mol. The van der Waals surface area contributed by atoms with Gasteiger partial charge in [0.15, 0.2) is 0 Å². The Morgan fingerprint density at radius 3 is 2.36 bits per heavy atom. The molecule has 0 unspecified atom stereocenters. The zero-order chi connectivity index (χ0) is 21.1. The van der Waals surface area contributed by atoms with E-state index >= 15 is 0 Å². The van der Waals surface area contributed by atoms with Gasteiger partial charge in [-0.1, -0.05) is 48.5 Å². The van der Waals surface area contributed by atoms with Crippen LogP contribution >= 0.6 is 0 Å². The Bertz CT molecular complexity index is 665. The first-order valence-electron chi connectivity index (χ1n) is 10.5. The summed E-state index contributed by atoms with van der Waals surface area (Å²) in [5.74, 6) is 0.285. The van der Waals surface area contributed by atoms with E-state index in [0.717, 1.165) is 12.0 Å². The fraction of sp³-hybridized carbons (Fsp3) is 0.727. The highest BCUT2D eigenvalue weighted by Gasteiger charge is 2.50. The fourth-order valence-corrected chi connectivity index (χ4v) is 10.9. The minimum Gasteiger partial charge on any atom is -0.410 e. The van der Waals surface area contributed by atoms with Crippen LogP contribution in [0.4, 0.5) is 5.69 Å². The van der Waals surface area contributed by atoms with E-state index in [1.807, 2.05) is 6.07 Å². The molecular formula is C22H37N3O2Si. The molecule has 2 heterocycles. The zero-order valence-corrected chi connectivity index (χ0v) is 19.5. The summed E-state index contributed by atoms with van der Waals surface area (Å²) in [6, 6.07) is 4.24. The van der Waals surface area contributed by atoms with Gasteiger partial charge in [-0.2, -0.15) is 5.26 Å². The number of nitrogen functional groups attached to an aromatic ring is 1. The quantitative estimate of drug-likeness (QED) is 0.599. The molecule has 6 heteroatoms. The molecule has 28 heavy (non-hydrogen) atoms.